The summed E-state index contributed by atoms with van der Waals surface area (Å²) in [5.41, 5.74) is 2.20. The summed E-state index contributed by atoms with van der Waals surface area (Å²) in [6, 6.07) is 19.6. The quantitative estimate of drug-likeness (QED) is 0.710. The molecule has 0 N–H and O–H groups in total. The lowest BCUT2D eigenvalue weighted by atomic mass is 10.1. The third-order valence-electron chi connectivity index (χ3n) is 5.68. The summed E-state index contributed by atoms with van der Waals surface area (Å²) in [4.78, 5) is 19.4. The van der Waals surface area contributed by atoms with E-state index in [4.69, 9.17) is 0 Å². The minimum absolute atomic E-state index is 0.0289. The van der Waals surface area contributed by atoms with E-state index in [-0.39, 0.29) is 11.7 Å². The number of para-hydroxylation sites is 1. The first kappa shape index (κ1) is 20.6. The summed E-state index contributed by atoms with van der Waals surface area (Å²) in [6.07, 6.45) is 1.64. The van der Waals surface area contributed by atoms with E-state index < -0.39 is 15.9 Å². The Balaban J connectivity index is 1.40. The number of hydrogen-bond acceptors (Lipinski definition) is 5. The van der Waals surface area contributed by atoms with Gasteiger partial charge in [0.05, 0.1) is 18.3 Å². The van der Waals surface area contributed by atoms with Gasteiger partial charge in [0.25, 0.3) is 0 Å². The number of carbonyl (C=O) groups excluding carboxylic acids is 1. The molecule has 1 fully saturated rings. The Hall–Kier alpha value is -2.64. The first-order valence-corrected chi connectivity index (χ1v) is 12.0. The summed E-state index contributed by atoms with van der Waals surface area (Å²) in [5, 5.41) is 1.24. The molecule has 0 unspecified atom stereocenters. The molecule has 2 heterocycles. The number of carbonyl (C=O) groups is 1. The fraction of sp³-hybridized carbons (Fsp3) is 0.348. The third kappa shape index (κ3) is 5.09. The number of anilines is 1. The molecule has 0 saturated carbocycles. The minimum atomic E-state index is -3.23. The maximum atomic E-state index is 13.2. The van der Waals surface area contributed by atoms with Crippen molar-refractivity contribution >= 4 is 21.4 Å². The average molecular weight is 426 g/mol. The van der Waals surface area contributed by atoms with Gasteiger partial charge in [-0.3, -0.25) is 9.69 Å². The van der Waals surface area contributed by atoms with Crippen LogP contribution < -0.4 is 4.90 Å². The van der Waals surface area contributed by atoms with Gasteiger partial charge in [0.1, 0.15) is 0 Å². The van der Waals surface area contributed by atoms with Gasteiger partial charge < -0.3 is 9.80 Å². The van der Waals surface area contributed by atoms with Gasteiger partial charge in [-0.25, -0.2) is 8.42 Å². The molecule has 158 valence electrons. The smallest absolute Gasteiger partial charge is 0.237 e. The lowest BCUT2D eigenvalue weighted by molar-refractivity contribution is -0.134. The highest BCUT2D eigenvalue weighted by Crippen LogP contribution is 2.19. The van der Waals surface area contributed by atoms with Gasteiger partial charge in [-0.05, 0) is 23.8 Å². The van der Waals surface area contributed by atoms with Crippen LogP contribution >= 0.6 is 0 Å². The molecule has 0 spiro atoms. The molecule has 2 aliphatic rings. The summed E-state index contributed by atoms with van der Waals surface area (Å²) in [7, 11) is -3.23. The molecule has 1 saturated heterocycles. The van der Waals surface area contributed by atoms with Crippen molar-refractivity contribution < 1.29 is 13.2 Å². The molecular formula is C23H27N3O3S. The van der Waals surface area contributed by atoms with Gasteiger partial charge in [0, 0.05) is 43.8 Å². The van der Waals surface area contributed by atoms with Crippen molar-refractivity contribution in [3.8, 4) is 0 Å². The number of amides is 1. The summed E-state index contributed by atoms with van der Waals surface area (Å²) < 4.78 is 23.9. The van der Waals surface area contributed by atoms with Crippen molar-refractivity contribution in [2.45, 2.75) is 12.6 Å². The lowest BCUT2D eigenvalue weighted by Gasteiger charge is -2.37. The predicted octanol–water partition coefficient (Wildman–Crippen LogP) is 2.15. The third-order valence-corrected chi connectivity index (χ3v) is 7.06. The van der Waals surface area contributed by atoms with E-state index in [2.05, 4.69) is 21.9 Å². The molecule has 0 aliphatic carbocycles. The maximum absolute atomic E-state index is 13.2. The Labute approximate surface area is 178 Å². The van der Waals surface area contributed by atoms with E-state index in [1.807, 2.05) is 48.5 Å². The zero-order valence-electron chi connectivity index (χ0n) is 16.9. The van der Waals surface area contributed by atoms with Crippen molar-refractivity contribution in [3.05, 3.63) is 77.7 Å². The van der Waals surface area contributed by atoms with Crippen LogP contribution in [-0.4, -0.2) is 68.6 Å². The Morgan fingerprint density at radius 3 is 2.17 bits per heavy atom. The molecule has 2 aromatic carbocycles. The van der Waals surface area contributed by atoms with Gasteiger partial charge in [-0.2, -0.15) is 0 Å². The molecule has 4 rings (SSSR count). The number of nitrogens with zero attached hydrogens (tertiary/aromatic N) is 3. The molecule has 2 aromatic rings. The first-order valence-electron chi connectivity index (χ1n) is 10.3. The molecule has 2 aliphatic heterocycles. The van der Waals surface area contributed by atoms with E-state index in [0.29, 0.717) is 13.1 Å². The molecule has 0 aromatic heterocycles. The molecule has 0 bridgehead atoms. The Morgan fingerprint density at radius 2 is 1.57 bits per heavy atom. The molecular weight excluding hydrogens is 398 g/mol. The van der Waals surface area contributed by atoms with Crippen molar-refractivity contribution in [3.63, 3.8) is 0 Å². The second-order valence-electron chi connectivity index (χ2n) is 7.83. The molecule has 7 heteroatoms. The standard InChI is InChI=1S/C23H27N3O3S/c27-23(18-24-12-14-25(15-13-24)21-9-5-2-6-10-21)26(17-20-7-3-1-4-8-20)22-11-16-30(28,29)19-22/h1-11,16,22H,12-15,17-19H2/t22-/m0/s1. The highest BCUT2D eigenvalue weighted by atomic mass is 32.2. The fourth-order valence-electron chi connectivity index (χ4n) is 4.01. The number of sulfone groups is 1. The van der Waals surface area contributed by atoms with Crippen LogP contribution in [0.3, 0.4) is 0 Å². The molecule has 1 amide bonds. The highest BCUT2D eigenvalue weighted by Gasteiger charge is 2.31. The van der Waals surface area contributed by atoms with Crippen LogP contribution in [0.4, 0.5) is 5.69 Å². The number of hydrogen-bond donors (Lipinski definition) is 0. The molecule has 30 heavy (non-hydrogen) atoms. The predicted molar refractivity (Wildman–Crippen MR) is 119 cm³/mol. The fourth-order valence-corrected chi connectivity index (χ4v) is 5.31. The van der Waals surface area contributed by atoms with Crippen LogP contribution in [0.1, 0.15) is 5.56 Å². The van der Waals surface area contributed by atoms with Crippen LogP contribution in [0.5, 0.6) is 0 Å². The first-order chi connectivity index (χ1) is 14.5. The van der Waals surface area contributed by atoms with E-state index in [0.717, 1.165) is 31.7 Å². The Morgan fingerprint density at radius 1 is 0.933 bits per heavy atom. The van der Waals surface area contributed by atoms with Crippen molar-refractivity contribution in [1.82, 2.24) is 9.80 Å². The SMILES string of the molecule is O=C(CN1CCN(c2ccccc2)CC1)N(Cc1ccccc1)[C@H]1C=CS(=O)(=O)C1. The van der Waals surface area contributed by atoms with Crippen molar-refractivity contribution in [1.29, 1.82) is 0 Å². The zero-order chi connectivity index (χ0) is 21.0. The van der Waals surface area contributed by atoms with Crippen LogP contribution in [0.2, 0.25) is 0 Å². The average Bonchev–Trinajstić information content (AvgIpc) is 3.13. The second kappa shape index (κ2) is 9.02. The van der Waals surface area contributed by atoms with E-state index in [9.17, 15) is 13.2 Å². The normalized spacial score (nSPS) is 20.9. The van der Waals surface area contributed by atoms with Crippen LogP contribution in [0.15, 0.2) is 72.1 Å². The summed E-state index contributed by atoms with van der Waals surface area (Å²) >= 11 is 0. The summed E-state index contributed by atoms with van der Waals surface area (Å²) in [6.45, 7) is 4.06. The second-order valence-corrected chi connectivity index (χ2v) is 9.76. The molecule has 0 radical (unpaired) electrons. The van der Waals surface area contributed by atoms with Gasteiger partial charge in [0.2, 0.25) is 5.91 Å². The van der Waals surface area contributed by atoms with Gasteiger partial charge in [0.15, 0.2) is 9.84 Å². The van der Waals surface area contributed by atoms with Crippen LogP contribution in [0, 0.1) is 0 Å². The number of piperazine rings is 1. The maximum Gasteiger partial charge on any atom is 0.237 e. The van der Waals surface area contributed by atoms with E-state index in [1.54, 1.807) is 11.0 Å². The minimum Gasteiger partial charge on any atom is -0.369 e. The van der Waals surface area contributed by atoms with Gasteiger partial charge in [-0.15, -0.1) is 0 Å². The van der Waals surface area contributed by atoms with Gasteiger partial charge >= 0.3 is 0 Å². The lowest BCUT2D eigenvalue weighted by Crippen LogP contribution is -2.51. The van der Waals surface area contributed by atoms with Gasteiger partial charge in [-0.1, -0.05) is 48.5 Å². The largest absolute Gasteiger partial charge is 0.369 e. The zero-order valence-corrected chi connectivity index (χ0v) is 17.7. The van der Waals surface area contributed by atoms with E-state index in [1.165, 1.54) is 11.1 Å². The monoisotopic (exact) mass is 425 g/mol. The Bertz CT molecular complexity index is 985. The Kier molecular flexibility index (Phi) is 6.20. The number of benzene rings is 2. The highest BCUT2D eigenvalue weighted by molar-refractivity contribution is 7.94. The van der Waals surface area contributed by atoms with Crippen molar-refractivity contribution in [2.24, 2.45) is 0 Å². The van der Waals surface area contributed by atoms with Crippen LogP contribution in [0.25, 0.3) is 0 Å². The number of rotatable bonds is 6. The topological polar surface area (TPSA) is 60.9 Å². The van der Waals surface area contributed by atoms with Crippen molar-refractivity contribution in [2.75, 3.05) is 43.4 Å². The van der Waals surface area contributed by atoms with Crippen LogP contribution in [-0.2, 0) is 21.2 Å². The molecule has 6 nitrogen and oxygen atoms in total. The van der Waals surface area contributed by atoms with E-state index >= 15 is 0 Å². The molecule has 1 atom stereocenters. The summed E-state index contributed by atoms with van der Waals surface area (Å²) in [5.74, 6) is -0.0633.